The van der Waals surface area contributed by atoms with E-state index in [1.54, 1.807) is 42.5 Å². The Morgan fingerprint density at radius 3 is 2.24 bits per heavy atom. The van der Waals surface area contributed by atoms with Gasteiger partial charge in [0, 0.05) is 28.4 Å². The number of hydrogen-bond donors (Lipinski definition) is 3. The summed E-state index contributed by atoms with van der Waals surface area (Å²) in [6.07, 6.45) is 1.75. The molecule has 0 aromatic heterocycles. The van der Waals surface area contributed by atoms with Gasteiger partial charge in [-0.3, -0.25) is 10.2 Å². The first-order valence-corrected chi connectivity index (χ1v) is 13.5. The van der Waals surface area contributed by atoms with E-state index >= 15 is 0 Å². The monoisotopic (exact) mass is 494 g/mol. The molecule has 176 valence electrons. The first-order valence-electron chi connectivity index (χ1n) is 10.8. The number of carbonyl (C=O) groups is 1. The van der Waals surface area contributed by atoms with Crippen molar-refractivity contribution < 1.29 is 13.2 Å². The van der Waals surface area contributed by atoms with E-state index in [4.69, 9.17) is 16.3 Å². The number of thioether (sulfide) groups is 1. The lowest BCUT2D eigenvalue weighted by atomic mass is 10.0. The van der Waals surface area contributed by atoms with E-state index in [0.29, 0.717) is 22.3 Å². The van der Waals surface area contributed by atoms with E-state index in [-0.39, 0.29) is 22.7 Å². The van der Waals surface area contributed by atoms with Gasteiger partial charge in [0.25, 0.3) is 5.91 Å². The van der Waals surface area contributed by atoms with Gasteiger partial charge in [-0.05, 0) is 60.2 Å². The molecule has 3 aromatic rings. The summed E-state index contributed by atoms with van der Waals surface area (Å²) < 4.78 is 24.1. The van der Waals surface area contributed by atoms with Crippen LogP contribution in [0.5, 0.6) is 0 Å². The third-order valence-electron chi connectivity index (χ3n) is 5.85. The molecule has 0 saturated carbocycles. The van der Waals surface area contributed by atoms with Crippen molar-refractivity contribution in [3.63, 3.8) is 0 Å². The van der Waals surface area contributed by atoms with Gasteiger partial charge in [-0.2, -0.15) is 11.8 Å². The Labute approximate surface area is 203 Å². The summed E-state index contributed by atoms with van der Waals surface area (Å²) in [7, 11) is -3.88. The van der Waals surface area contributed by atoms with Gasteiger partial charge in [0.2, 0.25) is 10.0 Å². The second-order valence-electron chi connectivity index (χ2n) is 8.10. The van der Waals surface area contributed by atoms with Gasteiger partial charge in [-0.1, -0.05) is 42.5 Å². The highest BCUT2D eigenvalue weighted by Crippen LogP contribution is 2.32. The molecule has 0 spiro atoms. The normalized spacial score (nSPS) is 14.5. The van der Waals surface area contributed by atoms with E-state index < -0.39 is 10.0 Å². The van der Waals surface area contributed by atoms with Crippen molar-refractivity contribution in [3.8, 4) is 11.1 Å². The molecule has 0 radical (unpaired) electrons. The average Bonchev–Trinajstić information content (AvgIpc) is 2.85. The van der Waals surface area contributed by atoms with Crippen LogP contribution in [0.15, 0.2) is 77.7 Å². The van der Waals surface area contributed by atoms with Crippen molar-refractivity contribution >= 4 is 39.2 Å². The quantitative estimate of drug-likeness (QED) is 0.354. The zero-order valence-corrected chi connectivity index (χ0v) is 20.1. The standard InChI is InChI=1S/C25H26N4O3S2/c26-24(27)18-4-3-5-19(16-18)25(30)29(21-12-14-33-15-13-21)20-10-8-17(9-11-20)22-6-1-2-7-23(22)34(28,31)32/h1-11,16,21H,12-15H2,(H3,26,27)(H2,28,31,32). The van der Waals surface area contributed by atoms with Crippen LogP contribution in [-0.4, -0.2) is 37.7 Å². The first kappa shape index (κ1) is 24.0. The number of carbonyl (C=O) groups excluding carboxylic acids is 1. The Morgan fingerprint density at radius 1 is 0.941 bits per heavy atom. The number of nitrogens with one attached hydrogen (secondary N) is 1. The summed E-state index contributed by atoms with van der Waals surface area (Å²) in [5.74, 6) is 1.70. The Morgan fingerprint density at radius 2 is 1.59 bits per heavy atom. The number of nitrogens with two attached hydrogens (primary N) is 2. The van der Waals surface area contributed by atoms with Crippen LogP contribution in [-0.2, 0) is 10.0 Å². The van der Waals surface area contributed by atoms with Crippen LogP contribution in [0.2, 0.25) is 0 Å². The van der Waals surface area contributed by atoms with Crippen LogP contribution in [0.3, 0.4) is 0 Å². The average molecular weight is 495 g/mol. The fourth-order valence-corrected chi connectivity index (χ4v) is 5.99. The van der Waals surface area contributed by atoms with Gasteiger partial charge in [-0.25, -0.2) is 13.6 Å². The van der Waals surface area contributed by atoms with E-state index in [1.807, 2.05) is 40.9 Å². The second kappa shape index (κ2) is 10.0. The minimum atomic E-state index is -3.88. The number of primary sulfonamides is 1. The van der Waals surface area contributed by atoms with Gasteiger partial charge in [0.05, 0.1) is 4.90 Å². The molecule has 1 heterocycles. The summed E-state index contributed by atoms with van der Waals surface area (Å²) in [5.41, 5.74) is 8.53. The lowest BCUT2D eigenvalue weighted by Gasteiger charge is -2.34. The van der Waals surface area contributed by atoms with Crippen molar-refractivity contribution in [1.29, 1.82) is 5.41 Å². The van der Waals surface area contributed by atoms with E-state index in [9.17, 15) is 13.2 Å². The molecule has 7 nitrogen and oxygen atoms in total. The zero-order valence-electron chi connectivity index (χ0n) is 18.5. The molecule has 0 aliphatic carbocycles. The minimum absolute atomic E-state index is 0.0392. The Balaban J connectivity index is 1.73. The van der Waals surface area contributed by atoms with E-state index in [2.05, 4.69) is 0 Å². The number of benzene rings is 3. The van der Waals surface area contributed by atoms with Crippen molar-refractivity contribution in [2.45, 2.75) is 23.8 Å². The molecule has 9 heteroatoms. The summed E-state index contributed by atoms with van der Waals surface area (Å²) in [5, 5.41) is 13.1. The van der Waals surface area contributed by atoms with Crippen molar-refractivity contribution in [2.75, 3.05) is 16.4 Å². The Kier molecular flexibility index (Phi) is 7.06. The van der Waals surface area contributed by atoms with Crippen LogP contribution in [0.25, 0.3) is 11.1 Å². The van der Waals surface area contributed by atoms with Crippen LogP contribution < -0.4 is 15.8 Å². The van der Waals surface area contributed by atoms with Gasteiger partial charge >= 0.3 is 0 Å². The highest BCUT2D eigenvalue weighted by molar-refractivity contribution is 7.99. The van der Waals surface area contributed by atoms with Crippen molar-refractivity contribution in [2.24, 2.45) is 10.9 Å². The molecule has 1 aliphatic rings. The largest absolute Gasteiger partial charge is 0.384 e. The van der Waals surface area contributed by atoms with E-state index in [0.717, 1.165) is 30.0 Å². The number of hydrogen-bond acceptors (Lipinski definition) is 5. The van der Waals surface area contributed by atoms with Crippen molar-refractivity contribution in [3.05, 3.63) is 83.9 Å². The predicted molar refractivity (Wildman–Crippen MR) is 138 cm³/mol. The molecule has 1 saturated heterocycles. The number of sulfonamides is 1. The number of amidine groups is 1. The zero-order chi connectivity index (χ0) is 24.3. The lowest BCUT2D eigenvalue weighted by molar-refractivity contribution is 0.0975. The number of rotatable bonds is 6. The summed E-state index contributed by atoms with van der Waals surface area (Å²) >= 11 is 1.88. The highest BCUT2D eigenvalue weighted by atomic mass is 32.2. The number of anilines is 1. The molecule has 3 aromatic carbocycles. The summed E-state index contributed by atoms with van der Waals surface area (Å²) in [6, 6.07) is 20.7. The predicted octanol–water partition coefficient (Wildman–Crippen LogP) is 3.83. The van der Waals surface area contributed by atoms with Crippen LogP contribution in [0.4, 0.5) is 5.69 Å². The minimum Gasteiger partial charge on any atom is -0.384 e. The second-order valence-corrected chi connectivity index (χ2v) is 10.9. The highest BCUT2D eigenvalue weighted by Gasteiger charge is 2.28. The Bertz CT molecular complexity index is 1320. The maximum Gasteiger partial charge on any atom is 0.258 e. The maximum atomic E-state index is 13.7. The molecule has 0 bridgehead atoms. The number of nitrogens with zero attached hydrogens (tertiary/aromatic N) is 1. The molecular formula is C25H26N4O3S2. The van der Waals surface area contributed by atoms with Crippen LogP contribution in [0.1, 0.15) is 28.8 Å². The maximum absolute atomic E-state index is 13.7. The molecule has 0 atom stereocenters. The summed E-state index contributed by atoms with van der Waals surface area (Å²) in [4.78, 5) is 15.5. The smallest absolute Gasteiger partial charge is 0.258 e. The van der Waals surface area contributed by atoms with Gasteiger partial charge < -0.3 is 10.6 Å². The van der Waals surface area contributed by atoms with Gasteiger partial charge in [-0.15, -0.1) is 0 Å². The molecular weight excluding hydrogens is 468 g/mol. The lowest BCUT2D eigenvalue weighted by Crippen LogP contribution is -2.42. The third kappa shape index (κ3) is 5.16. The molecule has 34 heavy (non-hydrogen) atoms. The SMILES string of the molecule is N=C(N)c1cccc(C(=O)N(c2ccc(-c3ccccc3S(N)(=O)=O)cc2)C2CCSCC2)c1. The van der Waals surface area contributed by atoms with Crippen molar-refractivity contribution in [1.82, 2.24) is 0 Å². The molecule has 5 N–H and O–H groups in total. The fourth-order valence-electron chi connectivity index (χ4n) is 4.15. The van der Waals surface area contributed by atoms with Gasteiger partial charge in [0.1, 0.15) is 5.84 Å². The molecule has 1 fully saturated rings. The third-order valence-corrected chi connectivity index (χ3v) is 7.86. The number of nitrogen functional groups attached to an aromatic ring is 1. The number of amides is 1. The van der Waals surface area contributed by atoms with Crippen LogP contribution >= 0.6 is 11.8 Å². The topological polar surface area (TPSA) is 130 Å². The van der Waals surface area contributed by atoms with Crippen LogP contribution in [0, 0.1) is 5.41 Å². The molecule has 0 unspecified atom stereocenters. The first-order chi connectivity index (χ1) is 16.3. The fraction of sp³-hybridized carbons (Fsp3) is 0.200. The van der Waals surface area contributed by atoms with E-state index in [1.165, 1.54) is 6.07 Å². The Hall–Kier alpha value is -3.14. The van der Waals surface area contributed by atoms with Gasteiger partial charge in [0.15, 0.2) is 0 Å². The molecule has 4 rings (SSSR count). The summed E-state index contributed by atoms with van der Waals surface area (Å²) in [6.45, 7) is 0. The molecule has 1 amide bonds. The molecule has 1 aliphatic heterocycles.